The molecule has 1 unspecified atom stereocenters. The van der Waals surface area contributed by atoms with Crippen LogP contribution in [0.3, 0.4) is 0 Å². The summed E-state index contributed by atoms with van der Waals surface area (Å²) in [4.78, 5) is 28.6. The van der Waals surface area contributed by atoms with E-state index in [1.165, 1.54) is 0 Å². The summed E-state index contributed by atoms with van der Waals surface area (Å²) in [5, 5.41) is 1.10. The Bertz CT molecular complexity index is 1430. The smallest absolute Gasteiger partial charge is 0.308 e. The Hall–Kier alpha value is -4.00. The van der Waals surface area contributed by atoms with Crippen molar-refractivity contribution in [2.75, 3.05) is 23.8 Å². The molecule has 1 aliphatic carbocycles. The molecule has 0 amide bonds. The first-order valence-electron chi connectivity index (χ1n) is 13.1. The van der Waals surface area contributed by atoms with E-state index >= 15 is 0 Å². The molecule has 188 valence electrons. The van der Waals surface area contributed by atoms with Gasteiger partial charge in [-0.05, 0) is 50.3 Å². The molecule has 4 aromatic rings. The van der Waals surface area contributed by atoms with Crippen LogP contribution >= 0.6 is 0 Å². The highest BCUT2D eigenvalue weighted by atomic mass is 16.5. The van der Waals surface area contributed by atoms with Crippen molar-refractivity contribution in [3.05, 3.63) is 78.1 Å². The number of nitrogens with two attached hydrogens (primary N) is 1. The predicted octanol–water partition coefficient (Wildman–Crippen LogP) is 5.35. The zero-order chi connectivity index (χ0) is 25.4. The van der Waals surface area contributed by atoms with Crippen LogP contribution < -0.4 is 10.6 Å². The van der Waals surface area contributed by atoms with Crippen LogP contribution in [0, 0.1) is 5.92 Å². The third-order valence-corrected chi connectivity index (χ3v) is 7.84. The van der Waals surface area contributed by atoms with Gasteiger partial charge in [0.25, 0.3) is 0 Å². The lowest BCUT2D eigenvalue weighted by atomic mass is 9.85. The van der Waals surface area contributed by atoms with Gasteiger partial charge in [-0.1, -0.05) is 48.5 Å². The summed E-state index contributed by atoms with van der Waals surface area (Å²) >= 11 is 0. The Morgan fingerprint density at radius 2 is 1.81 bits per heavy atom. The number of nitrogens with zero attached hydrogens (tertiary/aromatic N) is 4. The van der Waals surface area contributed by atoms with E-state index in [0.29, 0.717) is 18.5 Å². The van der Waals surface area contributed by atoms with E-state index in [4.69, 9.17) is 15.5 Å². The van der Waals surface area contributed by atoms with E-state index < -0.39 is 0 Å². The number of hydrogen-bond donors (Lipinski definition) is 1. The minimum atomic E-state index is -0.0641. The standard InChI is InChI=1S/C30H31N5O2/c1-2-37-30(36)21-10-13-23(14-11-21)35-17-24(27-28(31)32-18-33-29(27)35)22-9-8-20-12-15-25(34-26(20)16-22)19-6-4-3-5-7-19/h3-9,12,15-16,18,21,23-24H,2,10-11,13-14,17H2,1H3,(H2,31,32,33)/t21-,23+,24?. The lowest BCUT2D eigenvalue weighted by Crippen LogP contribution is -2.39. The predicted molar refractivity (Wildman–Crippen MR) is 145 cm³/mol. The Labute approximate surface area is 216 Å². The first kappa shape index (κ1) is 23.4. The number of carbonyl (C=O) groups is 1. The second-order valence-corrected chi connectivity index (χ2v) is 9.97. The van der Waals surface area contributed by atoms with Crippen LogP contribution in [0.1, 0.15) is 49.7 Å². The normalized spacial score (nSPS) is 21.1. The zero-order valence-electron chi connectivity index (χ0n) is 21.0. The molecule has 3 heterocycles. The fourth-order valence-electron chi connectivity index (χ4n) is 5.94. The van der Waals surface area contributed by atoms with Gasteiger partial charge in [-0.25, -0.2) is 15.0 Å². The summed E-state index contributed by atoms with van der Waals surface area (Å²) in [6, 6.07) is 21.3. The van der Waals surface area contributed by atoms with Crippen molar-refractivity contribution >= 4 is 28.5 Å². The van der Waals surface area contributed by atoms with Gasteiger partial charge in [0.15, 0.2) is 0 Å². The van der Waals surface area contributed by atoms with Gasteiger partial charge >= 0.3 is 5.97 Å². The molecule has 1 saturated carbocycles. The fraction of sp³-hybridized carbons (Fsp3) is 0.333. The van der Waals surface area contributed by atoms with Crippen molar-refractivity contribution in [1.29, 1.82) is 0 Å². The summed E-state index contributed by atoms with van der Waals surface area (Å²) < 4.78 is 5.27. The van der Waals surface area contributed by atoms with Gasteiger partial charge in [-0.15, -0.1) is 0 Å². The lowest BCUT2D eigenvalue weighted by Gasteiger charge is -2.35. The molecular formula is C30H31N5O2. The maximum absolute atomic E-state index is 12.2. The first-order chi connectivity index (χ1) is 18.1. The van der Waals surface area contributed by atoms with E-state index in [-0.39, 0.29) is 17.8 Å². The first-order valence-corrected chi connectivity index (χ1v) is 13.1. The van der Waals surface area contributed by atoms with Gasteiger partial charge in [0.2, 0.25) is 0 Å². The Morgan fingerprint density at radius 1 is 1.03 bits per heavy atom. The number of carbonyl (C=O) groups excluding carboxylic acids is 1. The molecule has 2 aliphatic rings. The average Bonchev–Trinajstić information content (AvgIpc) is 3.34. The van der Waals surface area contributed by atoms with Crippen molar-refractivity contribution in [2.45, 2.75) is 44.6 Å². The molecule has 0 spiro atoms. The molecule has 1 atom stereocenters. The van der Waals surface area contributed by atoms with E-state index in [1.807, 2.05) is 25.1 Å². The molecule has 0 saturated heterocycles. The Kier molecular flexibility index (Phi) is 6.20. The van der Waals surface area contributed by atoms with Crippen LogP contribution in [-0.4, -0.2) is 40.1 Å². The molecule has 1 aliphatic heterocycles. The maximum Gasteiger partial charge on any atom is 0.308 e. The zero-order valence-corrected chi connectivity index (χ0v) is 21.0. The topological polar surface area (TPSA) is 94.2 Å². The maximum atomic E-state index is 12.2. The largest absolute Gasteiger partial charge is 0.466 e. The van der Waals surface area contributed by atoms with Gasteiger partial charge in [0.05, 0.1) is 23.7 Å². The molecule has 0 bridgehead atoms. The van der Waals surface area contributed by atoms with Gasteiger partial charge < -0.3 is 15.4 Å². The molecule has 2 N–H and O–H groups in total. The highest BCUT2D eigenvalue weighted by molar-refractivity contribution is 5.83. The number of nitrogen functional groups attached to an aromatic ring is 1. The van der Waals surface area contributed by atoms with Crippen LogP contribution in [0.25, 0.3) is 22.2 Å². The van der Waals surface area contributed by atoms with E-state index in [0.717, 1.165) is 71.3 Å². The van der Waals surface area contributed by atoms with Crippen LogP contribution in [0.5, 0.6) is 0 Å². The molecule has 2 aromatic carbocycles. The van der Waals surface area contributed by atoms with Crippen LogP contribution in [-0.2, 0) is 9.53 Å². The summed E-state index contributed by atoms with van der Waals surface area (Å²) in [5.74, 6) is 1.44. The van der Waals surface area contributed by atoms with E-state index in [9.17, 15) is 4.79 Å². The monoisotopic (exact) mass is 493 g/mol. The summed E-state index contributed by atoms with van der Waals surface area (Å²) in [6.45, 7) is 3.08. The number of ether oxygens (including phenoxy) is 1. The summed E-state index contributed by atoms with van der Waals surface area (Å²) in [5.41, 5.74) is 11.6. The fourth-order valence-corrected chi connectivity index (χ4v) is 5.94. The molecule has 1 fully saturated rings. The van der Waals surface area contributed by atoms with Gasteiger partial charge in [0, 0.05) is 35.0 Å². The number of rotatable bonds is 5. The minimum absolute atomic E-state index is 0.00471. The van der Waals surface area contributed by atoms with Crippen molar-refractivity contribution in [2.24, 2.45) is 5.92 Å². The quantitative estimate of drug-likeness (QED) is 0.375. The van der Waals surface area contributed by atoms with Crippen molar-refractivity contribution in [3.8, 4) is 11.3 Å². The Morgan fingerprint density at radius 3 is 2.59 bits per heavy atom. The molecule has 0 radical (unpaired) electrons. The van der Waals surface area contributed by atoms with Crippen LogP contribution in [0.2, 0.25) is 0 Å². The highest BCUT2D eigenvalue weighted by Crippen LogP contribution is 2.45. The molecule has 7 heteroatoms. The number of esters is 1. The SMILES string of the molecule is CCOC(=O)[C@H]1CC[C@@H](N2CC(c3ccc4ccc(-c5ccccc5)nc4c3)c3c(N)ncnc32)CC1. The van der Waals surface area contributed by atoms with Crippen LogP contribution in [0.15, 0.2) is 67.0 Å². The molecule has 2 aromatic heterocycles. The van der Waals surface area contributed by atoms with Crippen LogP contribution in [0.4, 0.5) is 11.6 Å². The third kappa shape index (κ3) is 4.39. The second-order valence-electron chi connectivity index (χ2n) is 9.97. The average molecular weight is 494 g/mol. The van der Waals surface area contributed by atoms with E-state index in [1.54, 1.807) is 6.33 Å². The second kappa shape index (κ2) is 9.81. The molecule has 37 heavy (non-hydrogen) atoms. The molecule has 6 rings (SSSR count). The van der Waals surface area contributed by atoms with Crippen molar-refractivity contribution in [3.63, 3.8) is 0 Å². The third-order valence-electron chi connectivity index (χ3n) is 7.84. The summed E-state index contributed by atoms with van der Waals surface area (Å²) in [7, 11) is 0. The summed E-state index contributed by atoms with van der Waals surface area (Å²) in [6.07, 6.45) is 5.09. The van der Waals surface area contributed by atoms with Gasteiger partial charge in [-0.2, -0.15) is 0 Å². The van der Waals surface area contributed by atoms with Crippen molar-refractivity contribution < 1.29 is 9.53 Å². The van der Waals surface area contributed by atoms with Crippen molar-refractivity contribution in [1.82, 2.24) is 15.0 Å². The number of anilines is 2. The number of hydrogen-bond acceptors (Lipinski definition) is 7. The number of aromatic nitrogens is 3. The number of benzene rings is 2. The number of fused-ring (bicyclic) bond motifs is 2. The van der Waals surface area contributed by atoms with Gasteiger partial charge in [0.1, 0.15) is 18.0 Å². The lowest BCUT2D eigenvalue weighted by molar-refractivity contribution is -0.149. The number of pyridine rings is 1. The minimum Gasteiger partial charge on any atom is -0.466 e. The molecule has 7 nitrogen and oxygen atoms in total. The van der Waals surface area contributed by atoms with E-state index in [2.05, 4.69) is 57.3 Å². The molecular weight excluding hydrogens is 462 g/mol. The Balaban J connectivity index is 1.30. The highest BCUT2D eigenvalue weighted by Gasteiger charge is 2.39. The van der Waals surface area contributed by atoms with Gasteiger partial charge in [-0.3, -0.25) is 4.79 Å².